The van der Waals surface area contributed by atoms with Crippen molar-refractivity contribution < 1.29 is 0 Å². The minimum atomic E-state index is -0.172. The number of nitrogens with zero attached hydrogens (tertiary/aromatic N) is 2. The summed E-state index contributed by atoms with van der Waals surface area (Å²) in [7, 11) is 0. The van der Waals surface area contributed by atoms with Gasteiger partial charge in [0.2, 0.25) is 0 Å². The minimum Gasteiger partial charge on any atom is -0.309 e. The molecule has 10 rings (SSSR count). The molecule has 250 valence electrons. The Morgan fingerprint density at radius 3 is 1.54 bits per heavy atom. The van der Waals surface area contributed by atoms with E-state index in [4.69, 9.17) is 0 Å². The fourth-order valence-corrected chi connectivity index (χ4v) is 9.08. The molecule has 2 heterocycles. The third-order valence-corrected chi connectivity index (χ3v) is 11.8. The van der Waals surface area contributed by atoms with Crippen molar-refractivity contribution >= 4 is 55.7 Å². The first-order chi connectivity index (χ1) is 25.3. The lowest BCUT2D eigenvalue weighted by molar-refractivity contribution is 0.597. The summed E-state index contributed by atoms with van der Waals surface area (Å²) in [5.74, 6) is 0. The molecule has 0 fully saturated rings. The van der Waals surface area contributed by atoms with Crippen LogP contribution in [0.3, 0.4) is 0 Å². The smallest absolute Gasteiger partial charge is 0.0543 e. The summed E-state index contributed by atoms with van der Waals surface area (Å²) in [5.41, 5.74) is 15.0. The molecule has 2 aliphatic rings. The van der Waals surface area contributed by atoms with Crippen LogP contribution < -0.4 is 9.80 Å². The Balaban J connectivity index is 1.11. The van der Waals surface area contributed by atoms with Gasteiger partial charge in [0.25, 0.3) is 0 Å². The lowest BCUT2D eigenvalue weighted by Crippen LogP contribution is -2.38. The second kappa shape index (κ2) is 11.2. The minimum absolute atomic E-state index is 0.0837. The lowest BCUT2D eigenvalue weighted by atomic mass is 9.66. The van der Waals surface area contributed by atoms with Crippen LogP contribution in [0.4, 0.5) is 34.1 Å². The molecule has 0 saturated heterocycles. The molecule has 2 heteroatoms. The molecule has 8 aromatic carbocycles. The molecule has 0 spiro atoms. The van der Waals surface area contributed by atoms with Gasteiger partial charge < -0.3 is 9.80 Å². The van der Waals surface area contributed by atoms with Crippen molar-refractivity contribution in [1.82, 2.24) is 0 Å². The maximum Gasteiger partial charge on any atom is 0.0543 e. The SMILES string of the molecule is CC1(C)c2ccccc2N2c3ccc(-c4ccc(N(c5cccc6ccccc56)c5cccc6ccccc56)cc4)cc3C(C)(C)c3cccc1c32. The van der Waals surface area contributed by atoms with E-state index in [9.17, 15) is 0 Å². The largest absolute Gasteiger partial charge is 0.309 e. The molecule has 0 saturated carbocycles. The van der Waals surface area contributed by atoms with Crippen molar-refractivity contribution in [3.05, 3.63) is 192 Å². The summed E-state index contributed by atoms with van der Waals surface area (Å²) in [4.78, 5) is 4.96. The molecule has 8 aromatic rings. The molecular weight excluding hydrogens is 629 g/mol. The van der Waals surface area contributed by atoms with Gasteiger partial charge in [0.05, 0.1) is 28.4 Å². The van der Waals surface area contributed by atoms with Gasteiger partial charge in [-0.15, -0.1) is 0 Å². The Hall–Kier alpha value is -6.12. The Morgan fingerprint density at radius 1 is 0.404 bits per heavy atom. The van der Waals surface area contributed by atoms with Gasteiger partial charge in [-0.1, -0.05) is 155 Å². The fraction of sp³-hybridized carbons (Fsp3) is 0.120. The van der Waals surface area contributed by atoms with Gasteiger partial charge in [-0.3, -0.25) is 0 Å². The standard InChI is InChI=1S/C50H40N2/c1-49(2)40-20-9-10-23-46(40)52-47-31-28-36(32-43(47)50(3,4)42-22-13-21-41(49)48(42)52)33-26-29-37(30-27-33)51(44-24-11-16-34-14-5-7-18-38(34)44)45-25-12-17-35-15-6-8-19-39(35)45/h5-32H,1-4H3. The van der Waals surface area contributed by atoms with Crippen LogP contribution in [-0.4, -0.2) is 0 Å². The second-order valence-corrected chi connectivity index (χ2v) is 15.4. The first-order valence-corrected chi connectivity index (χ1v) is 18.4. The van der Waals surface area contributed by atoms with Crippen molar-refractivity contribution in [3.63, 3.8) is 0 Å². The van der Waals surface area contributed by atoms with Crippen molar-refractivity contribution in [2.75, 3.05) is 9.80 Å². The zero-order chi connectivity index (χ0) is 35.2. The van der Waals surface area contributed by atoms with E-state index < -0.39 is 0 Å². The summed E-state index contributed by atoms with van der Waals surface area (Å²) >= 11 is 0. The average molecular weight is 669 g/mol. The molecule has 0 N–H and O–H groups in total. The van der Waals surface area contributed by atoms with E-state index in [1.165, 1.54) is 83.4 Å². The molecular formula is C50H40N2. The van der Waals surface area contributed by atoms with Crippen LogP contribution in [0, 0.1) is 0 Å². The third-order valence-electron chi connectivity index (χ3n) is 11.8. The number of hydrogen-bond acceptors (Lipinski definition) is 2. The van der Waals surface area contributed by atoms with Crippen LogP contribution in [0.15, 0.2) is 170 Å². The van der Waals surface area contributed by atoms with Crippen molar-refractivity contribution in [3.8, 4) is 11.1 Å². The molecule has 2 nitrogen and oxygen atoms in total. The summed E-state index contributed by atoms with van der Waals surface area (Å²) in [6.45, 7) is 9.53. The highest BCUT2D eigenvalue weighted by Gasteiger charge is 2.45. The molecule has 0 radical (unpaired) electrons. The van der Waals surface area contributed by atoms with Crippen LogP contribution >= 0.6 is 0 Å². The van der Waals surface area contributed by atoms with E-state index in [1.54, 1.807) is 0 Å². The average Bonchev–Trinajstić information content (AvgIpc) is 3.18. The lowest BCUT2D eigenvalue weighted by Gasteiger charge is -2.49. The topological polar surface area (TPSA) is 6.48 Å². The number of fused-ring (bicyclic) bond motifs is 6. The van der Waals surface area contributed by atoms with Gasteiger partial charge in [0, 0.05) is 27.3 Å². The summed E-state index contributed by atoms with van der Waals surface area (Å²) in [6, 6.07) is 62.7. The van der Waals surface area contributed by atoms with Crippen LogP contribution in [0.1, 0.15) is 49.9 Å². The van der Waals surface area contributed by atoms with Gasteiger partial charge in [-0.05, 0) is 86.6 Å². The molecule has 2 aliphatic heterocycles. The zero-order valence-corrected chi connectivity index (χ0v) is 30.1. The van der Waals surface area contributed by atoms with Crippen molar-refractivity contribution in [2.24, 2.45) is 0 Å². The molecule has 0 atom stereocenters. The second-order valence-electron chi connectivity index (χ2n) is 15.4. The molecule has 0 unspecified atom stereocenters. The summed E-state index contributed by atoms with van der Waals surface area (Å²) in [5, 5.41) is 4.91. The Kier molecular flexibility index (Phi) is 6.60. The van der Waals surface area contributed by atoms with E-state index in [-0.39, 0.29) is 10.8 Å². The van der Waals surface area contributed by atoms with Crippen LogP contribution in [0.25, 0.3) is 32.7 Å². The number of hydrogen-bond donors (Lipinski definition) is 0. The number of rotatable bonds is 4. The number of anilines is 6. The van der Waals surface area contributed by atoms with E-state index in [2.05, 4.69) is 207 Å². The van der Waals surface area contributed by atoms with Crippen LogP contribution in [0.5, 0.6) is 0 Å². The van der Waals surface area contributed by atoms with Gasteiger partial charge >= 0.3 is 0 Å². The van der Waals surface area contributed by atoms with E-state index >= 15 is 0 Å². The van der Waals surface area contributed by atoms with Gasteiger partial charge in [0.1, 0.15) is 0 Å². The van der Waals surface area contributed by atoms with E-state index in [0.717, 1.165) is 5.69 Å². The first-order valence-electron chi connectivity index (χ1n) is 18.4. The van der Waals surface area contributed by atoms with E-state index in [0.29, 0.717) is 0 Å². The molecule has 0 amide bonds. The Morgan fingerprint density at radius 2 is 0.885 bits per heavy atom. The monoisotopic (exact) mass is 668 g/mol. The molecule has 0 bridgehead atoms. The highest BCUT2D eigenvalue weighted by Crippen LogP contribution is 2.60. The number of benzene rings is 8. The van der Waals surface area contributed by atoms with Crippen LogP contribution in [-0.2, 0) is 10.8 Å². The molecule has 52 heavy (non-hydrogen) atoms. The van der Waals surface area contributed by atoms with Gasteiger partial charge in [-0.2, -0.15) is 0 Å². The summed E-state index contributed by atoms with van der Waals surface area (Å²) in [6.07, 6.45) is 0. The Bertz CT molecular complexity index is 2610. The Labute approximate surface area is 306 Å². The maximum absolute atomic E-state index is 2.53. The molecule has 0 aliphatic carbocycles. The highest BCUT2D eigenvalue weighted by atomic mass is 15.2. The number of para-hydroxylation sites is 2. The molecule has 0 aromatic heterocycles. The van der Waals surface area contributed by atoms with Gasteiger partial charge in [0.15, 0.2) is 0 Å². The summed E-state index contributed by atoms with van der Waals surface area (Å²) < 4.78 is 0. The van der Waals surface area contributed by atoms with Crippen molar-refractivity contribution in [1.29, 1.82) is 0 Å². The first kappa shape index (κ1) is 30.7. The predicted octanol–water partition coefficient (Wildman–Crippen LogP) is 13.9. The quantitative estimate of drug-likeness (QED) is 0.184. The fourth-order valence-electron chi connectivity index (χ4n) is 9.08. The normalized spacial score (nSPS) is 14.8. The van der Waals surface area contributed by atoms with Crippen LogP contribution in [0.2, 0.25) is 0 Å². The third kappa shape index (κ3) is 4.37. The zero-order valence-electron chi connectivity index (χ0n) is 30.1. The van der Waals surface area contributed by atoms with E-state index in [1.807, 2.05) is 0 Å². The predicted molar refractivity (Wildman–Crippen MR) is 221 cm³/mol. The van der Waals surface area contributed by atoms with Gasteiger partial charge in [-0.25, -0.2) is 0 Å². The highest BCUT2D eigenvalue weighted by molar-refractivity contribution is 6.05. The maximum atomic E-state index is 2.53. The van der Waals surface area contributed by atoms with Crippen molar-refractivity contribution in [2.45, 2.75) is 38.5 Å².